The van der Waals surface area contributed by atoms with Crippen molar-refractivity contribution in [2.45, 2.75) is 39.0 Å². The number of hydrogen-bond acceptors (Lipinski definition) is 3. The van der Waals surface area contributed by atoms with Crippen LogP contribution in [-0.4, -0.2) is 13.1 Å². The van der Waals surface area contributed by atoms with Gasteiger partial charge in [-0.15, -0.1) is 0 Å². The molecule has 0 aliphatic heterocycles. The van der Waals surface area contributed by atoms with E-state index in [0.29, 0.717) is 5.92 Å². The number of carbonyl (C=O) groups excluding carboxylic acids is 1. The molecule has 24 heavy (non-hydrogen) atoms. The van der Waals surface area contributed by atoms with Crippen LogP contribution in [0, 0.1) is 29.4 Å². The second kappa shape index (κ2) is 6.91. The molecule has 0 bridgehead atoms. The van der Waals surface area contributed by atoms with Gasteiger partial charge in [-0.2, -0.15) is 8.78 Å². The summed E-state index contributed by atoms with van der Waals surface area (Å²) < 4.78 is 37.6. The van der Waals surface area contributed by atoms with Crippen molar-refractivity contribution in [2.75, 3.05) is 7.11 Å². The number of esters is 1. The summed E-state index contributed by atoms with van der Waals surface area (Å²) in [7, 11) is 1.25. The Morgan fingerprint density at radius 3 is 2.62 bits per heavy atom. The first-order chi connectivity index (χ1) is 11.6. The van der Waals surface area contributed by atoms with Crippen LogP contribution in [0.2, 0.25) is 0 Å². The lowest BCUT2D eigenvalue weighted by Crippen LogP contribution is -2.25. The molecule has 3 nitrogen and oxygen atoms in total. The molecule has 2 aliphatic carbocycles. The number of halogens is 2. The summed E-state index contributed by atoms with van der Waals surface area (Å²) in [5.41, 5.74) is 1.44. The Bertz CT molecular complexity index is 669. The van der Waals surface area contributed by atoms with E-state index in [9.17, 15) is 13.6 Å². The number of allylic oxidation sites excluding steroid dienone is 2. The zero-order valence-corrected chi connectivity index (χ0v) is 14.0. The molecule has 3 unspecified atom stereocenters. The summed E-state index contributed by atoms with van der Waals surface area (Å²) >= 11 is 0. The second-order valence-corrected chi connectivity index (χ2v) is 6.53. The van der Waals surface area contributed by atoms with Crippen LogP contribution in [0.25, 0.3) is 0 Å². The minimum absolute atomic E-state index is 0.211. The van der Waals surface area contributed by atoms with Crippen molar-refractivity contribution in [3.05, 3.63) is 35.4 Å². The van der Waals surface area contributed by atoms with E-state index in [1.54, 1.807) is 0 Å². The molecular weight excluding hydrogens is 314 g/mol. The fourth-order valence-electron chi connectivity index (χ4n) is 4.10. The molecule has 2 aliphatic rings. The Hall–Kier alpha value is -1.91. The van der Waals surface area contributed by atoms with E-state index in [1.165, 1.54) is 24.8 Å². The number of benzene rings is 1. The quantitative estimate of drug-likeness (QED) is 0.446. The number of methoxy groups -OCH3 is 1. The summed E-state index contributed by atoms with van der Waals surface area (Å²) in [6.07, 6.45) is 7.00. The first-order valence-corrected chi connectivity index (χ1v) is 8.49. The molecule has 0 radical (unpaired) electrons. The Kier molecular flexibility index (Phi) is 4.88. The van der Waals surface area contributed by atoms with Gasteiger partial charge in [-0.3, -0.25) is 4.79 Å². The molecule has 0 amide bonds. The first kappa shape index (κ1) is 16.9. The summed E-state index contributed by atoms with van der Waals surface area (Å²) in [5.74, 6) is -2.93. The highest BCUT2D eigenvalue weighted by Gasteiger charge is 2.44. The molecule has 3 rings (SSSR count). The minimum atomic E-state index is -1.19. The van der Waals surface area contributed by atoms with E-state index >= 15 is 0 Å². The fourth-order valence-corrected chi connectivity index (χ4v) is 4.10. The van der Waals surface area contributed by atoms with Gasteiger partial charge in [0.05, 0.1) is 13.0 Å². The third-order valence-electron chi connectivity index (χ3n) is 5.23. The molecular formula is C19H22F2O3. The van der Waals surface area contributed by atoms with Crippen LogP contribution in [0.1, 0.15) is 39.0 Å². The Morgan fingerprint density at radius 1 is 1.21 bits per heavy atom. The Balaban J connectivity index is 1.70. The Labute approximate surface area is 140 Å². The van der Waals surface area contributed by atoms with Gasteiger partial charge >= 0.3 is 5.97 Å². The van der Waals surface area contributed by atoms with E-state index in [4.69, 9.17) is 9.47 Å². The SMILES string of the molecule is CCCC1=CCC2C(C(=O)Oc3ccc(OC)c(F)c3F)CCC12. The summed E-state index contributed by atoms with van der Waals surface area (Å²) in [5, 5.41) is 0. The van der Waals surface area contributed by atoms with Gasteiger partial charge in [-0.05, 0) is 49.7 Å². The molecule has 5 heteroatoms. The van der Waals surface area contributed by atoms with Crippen molar-refractivity contribution in [3.8, 4) is 11.5 Å². The molecule has 1 fully saturated rings. The number of ether oxygens (including phenoxy) is 2. The Morgan fingerprint density at radius 2 is 1.92 bits per heavy atom. The van der Waals surface area contributed by atoms with Gasteiger partial charge in [-0.1, -0.05) is 25.0 Å². The molecule has 0 saturated heterocycles. The molecule has 1 aromatic rings. The normalized spacial score (nSPS) is 25.3. The van der Waals surface area contributed by atoms with Crippen molar-refractivity contribution >= 4 is 5.97 Å². The lowest BCUT2D eigenvalue weighted by molar-refractivity contribution is -0.140. The summed E-state index contributed by atoms with van der Waals surface area (Å²) in [4.78, 5) is 12.5. The predicted molar refractivity (Wildman–Crippen MR) is 85.9 cm³/mol. The molecule has 1 aromatic carbocycles. The van der Waals surface area contributed by atoms with Crippen LogP contribution in [0.3, 0.4) is 0 Å². The predicted octanol–water partition coefficient (Wildman–Crippen LogP) is 4.65. The van der Waals surface area contributed by atoms with Crippen LogP contribution in [0.5, 0.6) is 11.5 Å². The van der Waals surface area contributed by atoms with E-state index < -0.39 is 17.6 Å². The average molecular weight is 336 g/mol. The van der Waals surface area contributed by atoms with Gasteiger partial charge in [0, 0.05) is 0 Å². The largest absolute Gasteiger partial charge is 0.494 e. The number of rotatable bonds is 5. The van der Waals surface area contributed by atoms with E-state index in [2.05, 4.69) is 13.0 Å². The molecule has 0 aromatic heterocycles. The van der Waals surface area contributed by atoms with E-state index in [0.717, 1.165) is 32.1 Å². The van der Waals surface area contributed by atoms with Gasteiger partial charge in [0.1, 0.15) is 0 Å². The van der Waals surface area contributed by atoms with Crippen molar-refractivity contribution in [2.24, 2.45) is 17.8 Å². The van der Waals surface area contributed by atoms with Gasteiger partial charge in [0.2, 0.25) is 11.6 Å². The lowest BCUT2D eigenvalue weighted by Gasteiger charge is -2.19. The lowest BCUT2D eigenvalue weighted by atomic mass is 9.88. The number of hydrogen-bond donors (Lipinski definition) is 0. The molecule has 130 valence electrons. The molecule has 0 spiro atoms. The maximum atomic E-state index is 14.0. The average Bonchev–Trinajstić information content (AvgIpc) is 3.15. The van der Waals surface area contributed by atoms with Crippen LogP contribution in [0.15, 0.2) is 23.8 Å². The first-order valence-electron chi connectivity index (χ1n) is 8.49. The highest BCUT2D eigenvalue weighted by Crippen LogP contribution is 2.49. The fraction of sp³-hybridized carbons (Fsp3) is 0.526. The van der Waals surface area contributed by atoms with Gasteiger partial charge < -0.3 is 9.47 Å². The van der Waals surface area contributed by atoms with Crippen molar-refractivity contribution in [3.63, 3.8) is 0 Å². The maximum absolute atomic E-state index is 14.0. The van der Waals surface area contributed by atoms with Gasteiger partial charge in [0.15, 0.2) is 11.5 Å². The van der Waals surface area contributed by atoms with E-state index in [1.807, 2.05) is 0 Å². The topological polar surface area (TPSA) is 35.5 Å². The maximum Gasteiger partial charge on any atom is 0.314 e. The molecule has 0 heterocycles. The monoisotopic (exact) mass is 336 g/mol. The third kappa shape index (κ3) is 2.92. The number of fused-ring (bicyclic) bond motifs is 1. The van der Waals surface area contributed by atoms with Crippen molar-refractivity contribution in [1.82, 2.24) is 0 Å². The standard InChI is InChI=1S/C19H22F2O3/c1-3-4-11-5-6-13-12(11)7-8-14(13)19(22)24-16-10-9-15(23-2)17(20)18(16)21/h5,9-10,12-14H,3-4,6-8H2,1-2H3. The van der Waals surface area contributed by atoms with Crippen LogP contribution in [-0.2, 0) is 4.79 Å². The second-order valence-electron chi connectivity index (χ2n) is 6.53. The summed E-state index contributed by atoms with van der Waals surface area (Å²) in [6.45, 7) is 2.15. The van der Waals surface area contributed by atoms with Gasteiger partial charge in [-0.25, -0.2) is 0 Å². The van der Waals surface area contributed by atoms with Crippen LogP contribution < -0.4 is 9.47 Å². The van der Waals surface area contributed by atoms with Crippen molar-refractivity contribution < 1.29 is 23.0 Å². The van der Waals surface area contributed by atoms with Crippen LogP contribution in [0.4, 0.5) is 8.78 Å². The van der Waals surface area contributed by atoms with Crippen LogP contribution >= 0.6 is 0 Å². The molecule has 0 N–H and O–H groups in total. The zero-order valence-electron chi connectivity index (χ0n) is 14.0. The summed E-state index contributed by atoms with van der Waals surface area (Å²) in [6, 6.07) is 2.49. The molecule has 3 atom stereocenters. The van der Waals surface area contributed by atoms with Crippen molar-refractivity contribution in [1.29, 1.82) is 0 Å². The van der Waals surface area contributed by atoms with E-state index in [-0.39, 0.29) is 23.3 Å². The molecule has 1 saturated carbocycles. The third-order valence-corrected chi connectivity index (χ3v) is 5.23. The highest BCUT2D eigenvalue weighted by molar-refractivity contribution is 5.76. The zero-order chi connectivity index (χ0) is 17.3. The minimum Gasteiger partial charge on any atom is -0.494 e. The van der Waals surface area contributed by atoms with Gasteiger partial charge in [0.25, 0.3) is 0 Å². The highest BCUT2D eigenvalue weighted by atomic mass is 19.2. The smallest absolute Gasteiger partial charge is 0.314 e. The number of carbonyl (C=O) groups is 1.